The van der Waals surface area contributed by atoms with Crippen molar-refractivity contribution in [1.29, 1.82) is 0 Å². The Hall–Kier alpha value is -1.49. The number of epoxide rings is 1. The number of fused-ring (bicyclic) bond motifs is 1. The third-order valence-corrected chi connectivity index (χ3v) is 7.51. The second-order valence-electron chi connectivity index (χ2n) is 9.48. The highest BCUT2D eigenvalue weighted by molar-refractivity contribution is 6.33. The average Bonchev–Trinajstić information content (AvgIpc) is 3.22. The lowest BCUT2D eigenvalue weighted by atomic mass is 9.44. The molecule has 136 valence electrons. The van der Waals surface area contributed by atoms with Crippen molar-refractivity contribution in [3.63, 3.8) is 0 Å². The fraction of sp³-hybridized carbons (Fsp3) is 0.750. The first kappa shape index (κ1) is 17.0. The lowest BCUT2D eigenvalue weighted by Gasteiger charge is -2.56. The predicted octanol–water partition coefficient (Wildman–Crippen LogP) is 2.92. The van der Waals surface area contributed by atoms with Gasteiger partial charge in [0, 0.05) is 17.4 Å². The highest BCUT2D eigenvalue weighted by Crippen LogP contribution is 2.74. The minimum Gasteiger partial charge on any atom is -0.504 e. The van der Waals surface area contributed by atoms with Gasteiger partial charge in [0.25, 0.3) is 0 Å². The molecule has 0 bridgehead atoms. The summed E-state index contributed by atoms with van der Waals surface area (Å²) in [4.78, 5) is 39.5. The van der Waals surface area contributed by atoms with E-state index in [2.05, 4.69) is 13.8 Å². The van der Waals surface area contributed by atoms with Crippen molar-refractivity contribution in [3.05, 3.63) is 11.3 Å². The molecule has 0 radical (unpaired) electrons. The van der Waals surface area contributed by atoms with Gasteiger partial charge in [-0.15, -0.1) is 0 Å². The third kappa shape index (κ3) is 1.54. The maximum atomic E-state index is 13.3. The molecule has 5 heteroatoms. The molecule has 0 amide bonds. The average molecular weight is 346 g/mol. The molecule has 25 heavy (non-hydrogen) atoms. The van der Waals surface area contributed by atoms with Crippen LogP contribution in [0.3, 0.4) is 0 Å². The Morgan fingerprint density at radius 2 is 1.72 bits per heavy atom. The monoisotopic (exact) mass is 346 g/mol. The number of carbonyl (C=O) groups excluding carboxylic acids is 3. The topological polar surface area (TPSA) is 84.0 Å². The molecule has 0 unspecified atom stereocenters. The first-order chi connectivity index (χ1) is 11.5. The number of ether oxygens (including phenoxy) is 1. The standard InChI is InChI=1S/C20H26O5/c1-10(2)13-14(22)16(24)20-18(5)8-6-7-17(3,4)11(18)9-12(21)19(20,25-20)15(13)23/h10-11,22H,6-9H2,1-5H3/t11-,18-,19+,20-/m0/s1. The van der Waals surface area contributed by atoms with Gasteiger partial charge in [-0.25, -0.2) is 0 Å². The minimum absolute atomic E-state index is 0.0398. The van der Waals surface area contributed by atoms with E-state index in [0.29, 0.717) is 0 Å². The first-order valence-corrected chi connectivity index (χ1v) is 9.23. The Bertz CT molecular complexity index is 760. The van der Waals surface area contributed by atoms with E-state index in [0.717, 1.165) is 19.3 Å². The van der Waals surface area contributed by atoms with E-state index in [1.165, 1.54) is 0 Å². The van der Waals surface area contributed by atoms with E-state index in [4.69, 9.17) is 4.74 Å². The molecule has 1 N–H and O–H groups in total. The summed E-state index contributed by atoms with van der Waals surface area (Å²) >= 11 is 0. The number of hydrogen-bond acceptors (Lipinski definition) is 5. The normalized spacial score (nSPS) is 45.2. The lowest BCUT2D eigenvalue weighted by molar-refractivity contribution is -0.150. The Kier molecular flexibility index (Phi) is 3.00. The van der Waals surface area contributed by atoms with Crippen molar-refractivity contribution in [1.82, 2.24) is 0 Å². The summed E-state index contributed by atoms with van der Waals surface area (Å²) in [6, 6.07) is 0. The van der Waals surface area contributed by atoms with E-state index in [-0.39, 0.29) is 35.0 Å². The molecule has 4 aliphatic rings. The van der Waals surface area contributed by atoms with Crippen molar-refractivity contribution in [2.75, 3.05) is 0 Å². The zero-order chi connectivity index (χ0) is 18.6. The van der Waals surface area contributed by atoms with Crippen LogP contribution in [-0.4, -0.2) is 33.7 Å². The Balaban J connectivity index is 1.96. The number of Topliss-reactive ketones (excluding diaryl/α,β-unsaturated/α-hetero) is 3. The van der Waals surface area contributed by atoms with Crippen molar-refractivity contribution >= 4 is 17.3 Å². The van der Waals surface area contributed by atoms with Gasteiger partial charge in [0.2, 0.25) is 17.2 Å². The van der Waals surface area contributed by atoms with Crippen molar-refractivity contribution in [2.24, 2.45) is 22.7 Å². The number of rotatable bonds is 1. The van der Waals surface area contributed by atoms with Crippen LogP contribution in [0.25, 0.3) is 0 Å². The van der Waals surface area contributed by atoms with Crippen LogP contribution >= 0.6 is 0 Å². The quantitative estimate of drug-likeness (QED) is 0.583. The molecule has 1 heterocycles. The Morgan fingerprint density at radius 3 is 2.32 bits per heavy atom. The molecule has 2 saturated carbocycles. The van der Waals surface area contributed by atoms with Crippen molar-refractivity contribution in [3.8, 4) is 0 Å². The van der Waals surface area contributed by atoms with Crippen LogP contribution in [0.2, 0.25) is 0 Å². The smallest absolute Gasteiger partial charge is 0.233 e. The van der Waals surface area contributed by atoms with E-state index >= 15 is 0 Å². The third-order valence-electron chi connectivity index (χ3n) is 7.51. The summed E-state index contributed by atoms with van der Waals surface area (Å²) in [6.07, 6.45) is 2.87. The van der Waals surface area contributed by atoms with Gasteiger partial charge in [0.05, 0.1) is 0 Å². The van der Waals surface area contributed by atoms with Gasteiger partial charge < -0.3 is 9.84 Å². The number of carbonyl (C=O) groups is 3. The largest absolute Gasteiger partial charge is 0.504 e. The molecule has 1 aliphatic heterocycles. The van der Waals surface area contributed by atoms with Gasteiger partial charge >= 0.3 is 0 Å². The summed E-state index contributed by atoms with van der Waals surface area (Å²) < 4.78 is 5.92. The molecular formula is C20H26O5. The van der Waals surface area contributed by atoms with Crippen LogP contribution in [0.4, 0.5) is 0 Å². The van der Waals surface area contributed by atoms with Gasteiger partial charge in [0.15, 0.2) is 17.1 Å². The Morgan fingerprint density at radius 1 is 1.08 bits per heavy atom. The maximum absolute atomic E-state index is 13.3. The first-order valence-electron chi connectivity index (χ1n) is 9.23. The maximum Gasteiger partial charge on any atom is 0.233 e. The van der Waals surface area contributed by atoms with E-state index in [9.17, 15) is 19.5 Å². The van der Waals surface area contributed by atoms with Crippen LogP contribution < -0.4 is 0 Å². The highest BCUT2D eigenvalue weighted by atomic mass is 16.6. The zero-order valence-electron chi connectivity index (χ0n) is 15.6. The number of hydrogen-bond donors (Lipinski definition) is 1. The number of ketones is 3. The van der Waals surface area contributed by atoms with Gasteiger partial charge in [-0.2, -0.15) is 0 Å². The molecule has 5 nitrogen and oxygen atoms in total. The molecule has 4 rings (SSSR count). The predicted molar refractivity (Wildman–Crippen MR) is 89.9 cm³/mol. The van der Waals surface area contributed by atoms with Crippen LogP contribution in [0.15, 0.2) is 11.3 Å². The fourth-order valence-electron chi connectivity index (χ4n) is 6.27. The zero-order valence-corrected chi connectivity index (χ0v) is 15.6. The highest BCUT2D eigenvalue weighted by Gasteiger charge is 2.92. The van der Waals surface area contributed by atoms with Crippen molar-refractivity contribution < 1.29 is 24.2 Å². The van der Waals surface area contributed by atoms with E-state index < -0.39 is 33.9 Å². The molecule has 0 aromatic carbocycles. The summed E-state index contributed by atoms with van der Waals surface area (Å²) in [5.74, 6) is -2.21. The van der Waals surface area contributed by atoms with Gasteiger partial charge in [-0.1, -0.05) is 41.0 Å². The fourth-order valence-corrected chi connectivity index (χ4v) is 6.27. The second kappa shape index (κ2) is 4.43. The molecule has 0 aromatic rings. The molecule has 1 saturated heterocycles. The van der Waals surface area contributed by atoms with Crippen molar-refractivity contribution in [2.45, 2.75) is 71.5 Å². The summed E-state index contributed by atoms with van der Waals surface area (Å²) in [5.41, 5.74) is -3.88. The van der Waals surface area contributed by atoms with Gasteiger partial charge in [-0.05, 0) is 30.1 Å². The van der Waals surface area contributed by atoms with E-state index in [1.54, 1.807) is 13.8 Å². The summed E-state index contributed by atoms with van der Waals surface area (Å²) in [6.45, 7) is 9.71. The van der Waals surface area contributed by atoms with Crippen LogP contribution in [0, 0.1) is 22.7 Å². The number of aliphatic hydroxyl groups excluding tert-OH is 1. The molecule has 4 atom stereocenters. The summed E-state index contributed by atoms with van der Waals surface area (Å²) in [5, 5.41) is 10.5. The minimum atomic E-state index is -1.69. The SMILES string of the molecule is CC(C)C1=C(O)C(=O)[C@@]23O[C@]2(C(=O)C[C@H]2C(C)(C)CCC[C@@]23C)C1=O. The molecule has 0 spiro atoms. The van der Waals surface area contributed by atoms with Crippen LogP contribution in [0.1, 0.15) is 60.3 Å². The summed E-state index contributed by atoms with van der Waals surface area (Å²) in [7, 11) is 0. The second-order valence-corrected chi connectivity index (χ2v) is 9.48. The van der Waals surface area contributed by atoms with Gasteiger partial charge in [0.1, 0.15) is 0 Å². The molecular weight excluding hydrogens is 320 g/mol. The Labute approximate surface area is 147 Å². The van der Waals surface area contributed by atoms with Crippen LogP contribution in [-0.2, 0) is 19.1 Å². The molecule has 3 aliphatic carbocycles. The molecule has 3 fully saturated rings. The van der Waals surface area contributed by atoms with E-state index in [1.807, 2.05) is 6.92 Å². The number of aliphatic hydroxyl groups is 1. The lowest BCUT2D eigenvalue weighted by Crippen LogP contribution is -2.66. The van der Waals surface area contributed by atoms with Gasteiger partial charge in [-0.3, -0.25) is 14.4 Å². The molecule has 0 aromatic heterocycles. The van der Waals surface area contributed by atoms with Crippen LogP contribution in [0.5, 0.6) is 0 Å².